The molecule has 2 amide bonds. The van der Waals surface area contributed by atoms with Gasteiger partial charge in [-0.3, -0.25) is 9.69 Å². The van der Waals surface area contributed by atoms with Gasteiger partial charge < -0.3 is 14.4 Å². The molecule has 3 fully saturated rings. The van der Waals surface area contributed by atoms with E-state index >= 15 is 4.39 Å². The van der Waals surface area contributed by atoms with E-state index in [1.165, 1.54) is 11.0 Å². The van der Waals surface area contributed by atoms with Gasteiger partial charge in [-0.1, -0.05) is 24.3 Å². The topological polar surface area (TPSA) is 76.2 Å². The van der Waals surface area contributed by atoms with Gasteiger partial charge in [0.05, 0.1) is 29.8 Å². The summed E-state index contributed by atoms with van der Waals surface area (Å²) in [6.07, 6.45) is 1.15. The molecule has 2 saturated heterocycles. The van der Waals surface area contributed by atoms with Crippen LogP contribution in [0.5, 0.6) is 0 Å². The average molecular weight is 436 g/mol. The van der Waals surface area contributed by atoms with Crippen molar-refractivity contribution in [2.75, 3.05) is 31.1 Å². The fourth-order valence-corrected chi connectivity index (χ4v) is 5.32. The molecule has 32 heavy (non-hydrogen) atoms. The average Bonchev–Trinajstić information content (AvgIpc) is 3.16. The molecule has 0 N–H and O–H groups in total. The number of halogens is 1. The van der Waals surface area contributed by atoms with Crippen LogP contribution < -0.4 is 4.90 Å². The maximum absolute atomic E-state index is 15.1. The van der Waals surface area contributed by atoms with Crippen molar-refractivity contribution in [1.82, 2.24) is 4.90 Å². The van der Waals surface area contributed by atoms with Crippen molar-refractivity contribution in [3.05, 3.63) is 65.0 Å². The summed E-state index contributed by atoms with van der Waals surface area (Å²) < 4.78 is 25.8. The van der Waals surface area contributed by atoms with E-state index in [1.807, 2.05) is 12.1 Å². The van der Waals surface area contributed by atoms with Crippen LogP contribution in [0.4, 0.5) is 14.9 Å². The summed E-state index contributed by atoms with van der Waals surface area (Å²) in [6.45, 7) is 1.37. The number of amides is 2. The van der Waals surface area contributed by atoms with Crippen LogP contribution in [0.1, 0.15) is 40.7 Å². The van der Waals surface area contributed by atoms with Gasteiger partial charge in [0.2, 0.25) is 5.91 Å². The summed E-state index contributed by atoms with van der Waals surface area (Å²) in [7, 11) is 0. The summed E-state index contributed by atoms with van der Waals surface area (Å²) in [5.74, 6) is -1.00. The Morgan fingerprint density at radius 2 is 1.81 bits per heavy atom. The zero-order valence-electron chi connectivity index (χ0n) is 17.3. The molecule has 6 rings (SSSR count). The lowest BCUT2D eigenvalue weighted by molar-refractivity contribution is -0.134. The first-order valence-electron chi connectivity index (χ1n) is 10.8. The lowest BCUT2D eigenvalue weighted by Crippen LogP contribution is -2.40. The number of anilines is 1. The van der Waals surface area contributed by atoms with Crippen LogP contribution in [0, 0.1) is 5.82 Å². The van der Waals surface area contributed by atoms with E-state index in [2.05, 4.69) is 0 Å². The zero-order valence-corrected chi connectivity index (χ0v) is 17.3. The van der Waals surface area contributed by atoms with Crippen molar-refractivity contribution in [3.63, 3.8) is 0 Å². The molecule has 2 aromatic rings. The van der Waals surface area contributed by atoms with Crippen molar-refractivity contribution < 1.29 is 28.2 Å². The first-order valence-corrected chi connectivity index (χ1v) is 10.8. The molecular formula is C24H21FN2O5. The minimum atomic E-state index is -0.901. The summed E-state index contributed by atoms with van der Waals surface area (Å²) >= 11 is 0. The second-order valence-electron chi connectivity index (χ2n) is 8.92. The van der Waals surface area contributed by atoms with Gasteiger partial charge in [0.15, 0.2) is 5.60 Å². The molecule has 1 aliphatic carbocycles. The number of cyclic esters (lactones) is 1. The highest BCUT2D eigenvalue weighted by Gasteiger charge is 2.58. The van der Waals surface area contributed by atoms with Crippen molar-refractivity contribution in [3.8, 4) is 0 Å². The molecule has 164 valence electrons. The van der Waals surface area contributed by atoms with Gasteiger partial charge in [0, 0.05) is 24.1 Å². The molecule has 0 radical (unpaired) electrons. The van der Waals surface area contributed by atoms with Gasteiger partial charge in [-0.25, -0.2) is 14.0 Å². The third-order valence-electron chi connectivity index (χ3n) is 7.15. The van der Waals surface area contributed by atoms with E-state index in [0.717, 1.165) is 5.56 Å². The van der Waals surface area contributed by atoms with E-state index in [4.69, 9.17) is 9.47 Å². The number of hydrogen-bond donors (Lipinski definition) is 0. The molecule has 2 aromatic carbocycles. The number of rotatable bonds is 3. The maximum Gasteiger partial charge on any atom is 0.414 e. The van der Waals surface area contributed by atoms with E-state index in [1.54, 1.807) is 29.2 Å². The number of nitrogens with zero attached hydrogens (tertiary/aromatic N) is 2. The molecular weight excluding hydrogens is 415 g/mol. The smallest absolute Gasteiger partial charge is 0.414 e. The quantitative estimate of drug-likeness (QED) is 0.691. The summed E-state index contributed by atoms with van der Waals surface area (Å²) in [5, 5.41) is 0. The van der Waals surface area contributed by atoms with Gasteiger partial charge in [0.25, 0.3) is 0 Å². The Morgan fingerprint density at radius 1 is 1.00 bits per heavy atom. The minimum Gasteiger partial charge on any atom is -0.449 e. The molecule has 3 aliphatic heterocycles. The second-order valence-corrected chi connectivity index (χ2v) is 8.92. The molecule has 1 atom stereocenters. The van der Waals surface area contributed by atoms with Crippen LogP contribution in [0.2, 0.25) is 0 Å². The number of ether oxygens (including phenoxy) is 2. The minimum absolute atomic E-state index is 0.137. The Bertz CT molecular complexity index is 1180. The number of carbonyl (C=O) groups is 3. The number of hydrogen-bond acceptors (Lipinski definition) is 5. The van der Waals surface area contributed by atoms with Crippen LogP contribution in [0.3, 0.4) is 0 Å². The first kappa shape index (κ1) is 19.3. The summed E-state index contributed by atoms with van der Waals surface area (Å²) in [4.78, 5) is 40.7. The van der Waals surface area contributed by atoms with Gasteiger partial charge in [-0.2, -0.15) is 0 Å². The van der Waals surface area contributed by atoms with Crippen LogP contribution in [-0.2, 0) is 25.3 Å². The lowest BCUT2D eigenvalue weighted by atomic mass is 9.91. The second kappa shape index (κ2) is 6.54. The fourth-order valence-electron chi connectivity index (χ4n) is 5.32. The molecule has 1 saturated carbocycles. The van der Waals surface area contributed by atoms with Crippen LogP contribution >= 0.6 is 0 Å². The largest absolute Gasteiger partial charge is 0.449 e. The van der Waals surface area contributed by atoms with E-state index in [0.29, 0.717) is 49.2 Å². The Labute approximate surface area is 183 Å². The third-order valence-corrected chi connectivity index (χ3v) is 7.15. The van der Waals surface area contributed by atoms with Crippen LogP contribution in [0.25, 0.3) is 0 Å². The molecule has 1 spiro atoms. The van der Waals surface area contributed by atoms with Crippen LogP contribution in [-0.4, -0.2) is 49.1 Å². The number of benzene rings is 2. The van der Waals surface area contributed by atoms with Crippen molar-refractivity contribution in [2.24, 2.45) is 0 Å². The Hall–Kier alpha value is -3.42. The van der Waals surface area contributed by atoms with Gasteiger partial charge in [0.1, 0.15) is 12.4 Å². The Balaban J connectivity index is 1.26. The van der Waals surface area contributed by atoms with Gasteiger partial charge >= 0.3 is 12.1 Å². The number of carbonyl (C=O) groups excluding carboxylic acids is 3. The van der Waals surface area contributed by atoms with Crippen molar-refractivity contribution >= 4 is 23.7 Å². The predicted octanol–water partition coefficient (Wildman–Crippen LogP) is 3.11. The highest BCUT2D eigenvalue weighted by atomic mass is 19.1. The molecule has 7 nitrogen and oxygen atoms in total. The zero-order chi connectivity index (χ0) is 22.1. The summed E-state index contributed by atoms with van der Waals surface area (Å²) in [6, 6.07) is 11.9. The number of likely N-dealkylation sites (tertiary alicyclic amines) is 1. The standard InChI is InChI=1S/C24H21FN2O5/c25-19-13-15(27-11-12-31-22(27)30)5-6-18(19)23(7-8-23)21(29)26-10-9-24(14-26)17-4-2-1-3-16(17)20(28)32-24/h1-6,13H,7-12,14H2/t24-/m0/s1. The SMILES string of the molecule is O=C1O[C@]2(CCN(C(=O)C3(c4ccc(N5CCOC5=O)cc4F)CC3)C2)c2ccccc21. The molecule has 0 unspecified atom stereocenters. The lowest BCUT2D eigenvalue weighted by Gasteiger charge is -2.27. The predicted molar refractivity (Wildman–Crippen MR) is 111 cm³/mol. The molecule has 4 aliphatic rings. The first-order chi connectivity index (χ1) is 15.4. The maximum atomic E-state index is 15.1. The van der Waals surface area contributed by atoms with E-state index in [9.17, 15) is 14.4 Å². The van der Waals surface area contributed by atoms with Crippen LogP contribution in [0.15, 0.2) is 42.5 Å². The summed E-state index contributed by atoms with van der Waals surface area (Å²) in [5.41, 5.74) is 0.415. The number of esters is 1. The molecule has 3 heterocycles. The number of fused-ring (bicyclic) bond motifs is 2. The van der Waals surface area contributed by atoms with Crippen molar-refractivity contribution in [2.45, 2.75) is 30.3 Å². The molecule has 0 aromatic heterocycles. The van der Waals surface area contributed by atoms with Gasteiger partial charge in [-0.15, -0.1) is 0 Å². The fraction of sp³-hybridized carbons (Fsp3) is 0.375. The van der Waals surface area contributed by atoms with Crippen molar-refractivity contribution in [1.29, 1.82) is 0 Å². The highest BCUT2D eigenvalue weighted by molar-refractivity contribution is 5.96. The molecule has 8 heteroatoms. The Kier molecular flexibility index (Phi) is 3.94. The molecule has 0 bridgehead atoms. The van der Waals surface area contributed by atoms with E-state index in [-0.39, 0.29) is 25.0 Å². The third kappa shape index (κ3) is 2.61. The monoisotopic (exact) mass is 436 g/mol. The highest BCUT2D eigenvalue weighted by Crippen LogP contribution is 2.53. The van der Waals surface area contributed by atoms with Gasteiger partial charge in [-0.05, 0) is 31.0 Å². The Morgan fingerprint density at radius 3 is 2.53 bits per heavy atom. The van der Waals surface area contributed by atoms with E-state index < -0.39 is 22.9 Å². The normalized spacial score (nSPS) is 25.2.